The predicted octanol–water partition coefficient (Wildman–Crippen LogP) is 2.72. The minimum absolute atomic E-state index is 0. The van der Waals surface area contributed by atoms with Crippen LogP contribution in [0.5, 0.6) is 0 Å². The van der Waals surface area contributed by atoms with Crippen molar-refractivity contribution in [2.24, 2.45) is 5.73 Å². The molecule has 0 spiro atoms. The molecule has 27 heavy (non-hydrogen) atoms. The fourth-order valence-electron chi connectivity index (χ4n) is 3.24. The highest BCUT2D eigenvalue weighted by molar-refractivity contribution is 5.87. The molecule has 2 aromatic carbocycles. The number of benzene rings is 2. The summed E-state index contributed by atoms with van der Waals surface area (Å²) in [7, 11) is 0. The van der Waals surface area contributed by atoms with Crippen molar-refractivity contribution in [2.45, 2.75) is 38.4 Å². The third kappa shape index (κ3) is 4.87. The number of carbonyl (C=O) groups excluding carboxylic acids is 2. The summed E-state index contributed by atoms with van der Waals surface area (Å²) < 4.78 is 0. The zero-order chi connectivity index (χ0) is 18.6. The first-order valence-electron chi connectivity index (χ1n) is 8.96. The number of nitrogens with zero attached hydrogens (tertiary/aromatic N) is 1. The molecule has 1 unspecified atom stereocenters. The summed E-state index contributed by atoms with van der Waals surface area (Å²) in [6, 6.07) is 17.2. The number of nitrogens with two attached hydrogens (primary N) is 1. The van der Waals surface area contributed by atoms with Crippen LogP contribution in [0.2, 0.25) is 0 Å². The molecule has 1 saturated heterocycles. The van der Waals surface area contributed by atoms with Crippen LogP contribution in [0.25, 0.3) is 0 Å². The molecular weight excluding hydrogens is 362 g/mol. The second-order valence-electron chi connectivity index (χ2n) is 6.94. The van der Waals surface area contributed by atoms with Gasteiger partial charge in [0.25, 0.3) is 0 Å². The van der Waals surface area contributed by atoms with Gasteiger partial charge in [-0.2, -0.15) is 0 Å². The van der Waals surface area contributed by atoms with E-state index in [9.17, 15) is 9.59 Å². The smallest absolute Gasteiger partial charge is 0.244 e. The Morgan fingerprint density at radius 1 is 1.11 bits per heavy atom. The number of amides is 2. The van der Waals surface area contributed by atoms with Crippen LogP contribution in [0.4, 0.5) is 0 Å². The van der Waals surface area contributed by atoms with E-state index in [0.29, 0.717) is 19.5 Å². The largest absolute Gasteiger partial charge is 0.350 e. The van der Waals surface area contributed by atoms with Gasteiger partial charge in [0.1, 0.15) is 5.54 Å². The van der Waals surface area contributed by atoms with Crippen molar-refractivity contribution in [2.75, 3.05) is 6.54 Å². The van der Waals surface area contributed by atoms with E-state index in [1.807, 2.05) is 59.5 Å². The van der Waals surface area contributed by atoms with Crippen LogP contribution in [0.3, 0.4) is 0 Å². The molecule has 2 aromatic rings. The standard InChI is InChI=1S/C21H25N3O2.ClH/c1-21(22,18-10-3-2-4-11-18)20(26)23-14-16-8-5-6-9-17(16)15-24-13-7-12-19(24)25;/h2-6,8-11H,7,12-15,22H2,1H3,(H,23,26);1H. The molecule has 5 nitrogen and oxygen atoms in total. The number of carbonyl (C=O) groups is 2. The first-order chi connectivity index (χ1) is 12.5. The molecule has 1 heterocycles. The predicted molar refractivity (Wildman–Crippen MR) is 108 cm³/mol. The number of likely N-dealkylation sites (tertiary alicyclic amines) is 1. The number of hydrogen-bond donors (Lipinski definition) is 2. The van der Waals surface area contributed by atoms with Crippen LogP contribution in [0.1, 0.15) is 36.5 Å². The van der Waals surface area contributed by atoms with Gasteiger partial charge in [-0.05, 0) is 30.0 Å². The Labute approximate surface area is 166 Å². The number of halogens is 1. The summed E-state index contributed by atoms with van der Waals surface area (Å²) in [4.78, 5) is 26.4. The molecule has 0 bridgehead atoms. The molecule has 144 valence electrons. The number of hydrogen-bond acceptors (Lipinski definition) is 3. The molecule has 0 radical (unpaired) electrons. The van der Waals surface area contributed by atoms with Crippen molar-refractivity contribution in [3.63, 3.8) is 0 Å². The van der Waals surface area contributed by atoms with Gasteiger partial charge >= 0.3 is 0 Å². The zero-order valence-electron chi connectivity index (χ0n) is 15.5. The quantitative estimate of drug-likeness (QED) is 0.800. The van der Waals surface area contributed by atoms with E-state index in [2.05, 4.69) is 5.32 Å². The van der Waals surface area contributed by atoms with Crippen LogP contribution >= 0.6 is 12.4 Å². The van der Waals surface area contributed by atoms with Gasteiger partial charge in [-0.25, -0.2) is 0 Å². The fraction of sp³-hybridized carbons (Fsp3) is 0.333. The molecule has 1 aliphatic heterocycles. The maximum absolute atomic E-state index is 12.6. The molecule has 3 rings (SSSR count). The van der Waals surface area contributed by atoms with Crippen LogP contribution in [0.15, 0.2) is 54.6 Å². The summed E-state index contributed by atoms with van der Waals surface area (Å²) in [6.45, 7) is 3.49. The summed E-state index contributed by atoms with van der Waals surface area (Å²) in [5.74, 6) is -0.0294. The average Bonchev–Trinajstić information content (AvgIpc) is 3.06. The van der Waals surface area contributed by atoms with E-state index in [-0.39, 0.29) is 24.2 Å². The van der Waals surface area contributed by atoms with Crippen molar-refractivity contribution in [1.82, 2.24) is 10.2 Å². The number of nitrogens with one attached hydrogen (secondary N) is 1. The van der Waals surface area contributed by atoms with Gasteiger partial charge in [0.05, 0.1) is 0 Å². The first kappa shape index (κ1) is 20.9. The van der Waals surface area contributed by atoms with E-state index < -0.39 is 5.54 Å². The molecular formula is C21H26ClN3O2. The normalized spacial score (nSPS) is 15.8. The Kier molecular flexibility index (Phi) is 6.99. The van der Waals surface area contributed by atoms with E-state index in [1.165, 1.54) is 0 Å². The van der Waals surface area contributed by atoms with E-state index >= 15 is 0 Å². The van der Waals surface area contributed by atoms with Crippen LogP contribution < -0.4 is 11.1 Å². The second kappa shape index (κ2) is 9.02. The summed E-state index contributed by atoms with van der Waals surface area (Å²) in [6.07, 6.45) is 1.54. The van der Waals surface area contributed by atoms with Crippen molar-refractivity contribution < 1.29 is 9.59 Å². The van der Waals surface area contributed by atoms with E-state index in [0.717, 1.165) is 29.7 Å². The minimum atomic E-state index is -1.10. The van der Waals surface area contributed by atoms with Gasteiger partial charge < -0.3 is 16.0 Å². The lowest BCUT2D eigenvalue weighted by molar-refractivity contribution is -0.128. The van der Waals surface area contributed by atoms with E-state index in [1.54, 1.807) is 6.92 Å². The topological polar surface area (TPSA) is 75.4 Å². The van der Waals surface area contributed by atoms with Gasteiger partial charge in [0.2, 0.25) is 11.8 Å². The highest BCUT2D eigenvalue weighted by Crippen LogP contribution is 2.19. The van der Waals surface area contributed by atoms with Crippen molar-refractivity contribution >= 4 is 24.2 Å². The molecule has 1 fully saturated rings. The van der Waals surface area contributed by atoms with Gasteiger partial charge in [-0.1, -0.05) is 54.6 Å². The molecule has 0 saturated carbocycles. The molecule has 1 atom stereocenters. The highest BCUT2D eigenvalue weighted by Gasteiger charge is 2.30. The van der Waals surface area contributed by atoms with Crippen LogP contribution in [0, 0.1) is 0 Å². The maximum atomic E-state index is 12.6. The Hall–Kier alpha value is -2.37. The molecule has 3 N–H and O–H groups in total. The zero-order valence-corrected chi connectivity index (χ0v) is 16.3. The Morgan fingerprint density at radius 3 is 2.37 bits per heavy atom. The third-order valence-electron chi connectivity index (χ3n) is 4.94. The van der Waals surface area contributed by atoms with Crippen LogP contribution in [-0.2, 0) is 28.2 Å². The van der Waals surface area contributed by atoms with E-state index in [4.69, 9.17) is 5.73 Å². The SMILES string of the molecule is CC(N)(C(=O)NCc1ccccc1CN1CCCC1=O)c1ccccc1.Cl. The first-order valence-corrected chi connectivity index (χ1v) is 8.96. The Morgan fingerprint density at radius 2 is 1.74 bits per heavy atom. The van der Waals surface area contributed by atoms with Gasteiger partial charge in [-0.15, -0.1) is 12.4 Å². The lowest BCUT2D eigenvalue weighted by Gasteiger charge is -2.25. The molecule has 0 aliphatic carbocycles. The Balaban J connectivity index is 0.00000261. The van der Waals surface area contributed by atoms with Crippen molar-refractivity contribution in [3.05, 3.63) is 71.3 Å². The van der Waals surface area contributed by atoms with Gasteiger partial charge in [-0.3, -0.25) is 9.59 Å². The molecule has 6 heteroatoms. The molecule has 0 aromatic heterocycles. The minimum Gasteiger partial charge on any atom is -0.350 e. The summed E-state index contributed by atoms with van der Waals surface area (Å²) in [5.41, 5.74) is 8.01. The average molecular weight is 388 g/mol. The lowest BCUT2D eigenvalue weighted by atomic mass is 9.92. The van der Waals surface area contributed by atoms with Gasteiger partial charge in [0, 0.05) is 26.1 Å². The second-order valence-corrected chi connectivity index (χ2v) is 6.94. The lowest BCUT2D eigenvalue weighted by Crippen LogP contribution is -2.48. The summed E-state index contributed by atoms with van der Waals surface area (Å²) >= 11 is 0. The molecule has 1 aliphatic rings. The monoisotopic (exact) mass is 387 g/mol. The van der Waals surface area contributed by atoms with Crippen molar-refractivity contribution in [1.29, 1.82) is 0 Å². The third-order valence-corrected chi connectivity index (χ3v) is 4.94. The fourth-order valence-corrected chi connectivity index (χ4v) is 3.24. The Bertz CT molecular complexity index is 793. The highest BCUT2D eigenvalue weighted by atomic mass is 35.5. The number of rotatable bonds is 6. The summed E-state index contributed by atoms with van der Waals surface area (Å²) in [5, 5.41) is 2.95. The molecule has 2 amide bonds. The maximum Gasteiger partial charge on any atom is 0.244 e. The van der Waals surface area contributed by atoms with Gasteiger partial charge in [0.15, 0.2) is 0 Å². The van der Waals surface area contributed by atoms with Crippen molar-refractivity contribution in [3.8, 4) is 0 Å². The van der Waals surface area contributed by atoms with Crippen LogP contribution in [-0.4, -0.2) is 23.3 Å².